The SMILES string of the molecule is CCc1noc([C@@H](C)N2CCN(Cc3nc4ccccc4o3)CC2)n1. The summed E-state index contributed by atoms with van der Waals surface area (Å²) in [6.07, 6.45) is 0.800. The largest absolute Gasteiger partial charge is 0.439 e. The highest BCUT2D eigenvalue weighted by Crippen LogP contribution is 2.21. The Morgan fingerprint density at radius 2 is 1.92 bits per heavy atom. The molecule has 7 nitrogen and oxygen atoms in total. The van der Waals surface area contributed by atoms with Gasteiger partial charge in [-0.25, -0.2) is 4.98 Å². The number of nitrogens with zero attached hydrogens (tertiary/aromatic N) is 5. The summed E-state index contributed by atoms with van der Waals surface area (Å²) in [4.78, 5) is 13.8. The molecule has 1 aliphatic heterocycles. The van der Waals surface area contributed by atoms with Crippen molar-refractivity contribution in [1.29, 1.82) is 0 Å². The molecule has 0 bridgehead atoms. The number of fused-ring (bicyclic) bond motifs is 1. The highest BCUT2D eigenvalue weighted by Gasteiger charge is 2.26. The zero-order valence-electron chi connectivity index (χ0n) is 14.7. The van der Waals surface area contributed by atoms with E-state index in [1.165, 1.54) is 0 Å². The van der Waals surface area contributed by atoms with Gasteiger partial charge < -0.3 is 8.94 Å². The van der Waals surface area contributed by atoms with Crippen molar-refractivity contribution in [3.63, 3.8) is 0 Å². The van der Waals surface area contributed by atoms with Gasteiger partial charge in [0.1, 0.15) is 5.52 Å². The normalized spacial score (nSPS) is 18.0. The lowest BCUT2D eigenvalue weighted by atomic mass is 10.2. The molecule has 0 amide bonds. The van der Waals surface area contributed by atoms with Gasteiger partial charge >= 0.3 is 0 Å². The number of para-hydroxylation sites is 2. The second-order valence-corrected chi connectivity index (χ2v) is 6.47. The van der Waals surface area contributed by atoms with Crippen LogP contribution >= 0.6 is 0 Å². The summed E-state index contributed by atoms with van der Waals surface area (Å²) in [6.45, 7) is 8.77. The highest BCUT2D eigenvalue weighted by atomic mass is 16.5. The Morgan fingerprint density at radius 3 is 2.64 bits per heavy atom. The monoisotopic (exact) mass is 341 g/mol. The fraction of sp³-hybridized carbons (Fsp3) is 0.500. The molecule has 0 unspecified atom stereocenters. The van der Waals surface area contributed by atoms with Crippen molar-refractivity contribution in [1.82, 2.24) is 24.9 Å². The molecule has 3 heterocycles. The van der Waals surface area contributed by atoms with E-state index in [2.05, 4.69) is 31.8 Å². The van der Waals surface area contributed by atoms with Gasteiger partial charge in [-0.05, 0) is 19.1 Å². The molecule has 1 atom stereocenters. The van der Waals surface area contributed by atoms with Gasteiger partial charge in [0.15, 0.2) is 11.4 Å². The average Bonchev–Trinajstić information content (AvgIpc) is 3.28. The summed E-state index contributed by atoms with van der Waals surface area (Å²) in [5.41, 5.74) is 1.78. The zero-order chi connectivity index (χ0) is 17.2. The Hall–Kier alpha value is -2.25. The van der Waals surface area contributed by atoms with Gasteiger partial charge in [-0.3, -0.25) is 9.80 Å². The predicted octanol–water partition coefficient (Wildman–Crippen LogP) is 2.65. The fourth-order valence-corrected chi connectivity index (χ4v) is 3.22. The lowest BCUT2D eigenvalue weighted by molar-refractivity contribution is 0.0801. The Labute approximate surface area is 146 Å². The van der Waals surface area contributed by atoms with Crippen molar-refractivity contribution in [2.24, 2.45) is 0 Å². The summed E-state index contributed by atoms with van der Waals surface area (Å²) < 4.78 is 11.2. The van der Waals surface area contributed by atoms with Crippen LogP contribution < -0.4 is 0 Å². The van der Waals surface area contributed by atoms with Crippen LogP contribution in [0.15, 0.2) is 33.2 Å². The number of piperazine rings is 1. The van der Waals surface area contributed by atoms with E-state index in [1.807, 2.05) is 31.2 Å². The molecule has 1 fully saturated rings. The third-order valence-electron chi connectivity index (χ3n) is 4.81. The minimum Gasteiger partial charge on any atom is -0.439 e. The van der Waals surface area contributed by atoms with Gasteiger partial charge in [-0.1, -0.05) is 24.2 Å². The Morgan fingerprint density at radius 1 is 1.12 bits per heavy atom. The van der Waals surface area contributed by atoms with Gasteiger partial charge in [-0.2, -0.15) is 4.98 Å². The number of hydrogen-bond acceptors (Lipinski definition) is 7. The van der Waals surface area contributed by atoms with Crippen LogP contribution in [-0.4, -0.2) is 51.1 Å². The second kappa shape index (κ2) is 6.93. The molecule has 7 heteroatoms. The van der Waals surface area contributed by atoms with E-state index in [0.717, 1.165) is 62.0 Å². The minimum atomic E-state index is 0.152. The highest BCUT2D eigenvalue weighted by molar-refractivity contribution is 5.72. The molecule has 1 aliphatic rings. The van der Waals surface area contributed by atoms with Crippen LogP contribution in [0, 0.1) is 0 Å². The standard InChI is InChI=1S/C18H23N5O2/c1-3-16-20-18(25-21-16)13(2)23-10-8-22(9-11-23)12-17-19-14-6-4-5-7-15(14)24-17/h4-7,13H,3,8-12H2,1-2H3/t13-/m1/s1. The molecular formula is C18H23N5O2. The third-order valence-corrected chi connectivity index (χ3v) is 4.81. The number of rotatable bonds is 5. The summed E-state index contributed by atoms with van der Waals surface area (Å²) in [6, 6.07) is 8.05. The third kappa shape index (κ3) is 3.43. The first kappa shape index (κ1) is 16.2. The molecule has 2 aromatic heterocycles. The van der Waals surface area contributed by atoms with E-state index in [4.69, 9.17) is 8.94 Å². The zero-order valence-corrected chi connectivity index (χ0v) is 14.7. The van der Waals surface area contributed by atoms with Crippen molar-refractivity contribution in [2.75, 3.05) is 26.2 Å². The molecular weight excluding hydrogens is 318 g/mol. The van der Waals surface area contributed by atoms with Crippen LogP contribution in [0.2, 0.25) is 0 Å². The van der Waals surface area contributed by atoms with Crippen molar-refractivity contribution < 1.29 is 8.94 Å². The summed E-state index contributed by atoms with van der Waals surface area (Å²) in [7, 11) is 0. The maximum absolute atomic E-state index is 5.83. The van der Waals surface area contributed by atoms with Crippen LogP contribution in [-0.2, 0) is 13.0 Å². The molecule has 0 N–H and O–H groups in total. The Bertz CT molecular complexity index is 802. The summed E-state index contributed by atoms with van der Waals surface area (Å²) >= 11 is 0. The van der Waals surface area contributed by atoms with Crippen LogP contribution in [0.1, 0.15) is 37.5 Å². The van der Waals surface area contributed by atoms with E-state index in [1.54, 1.807) is 0 Å². The number of hydrogen-bond donors (Lipinski definition) is 0. The lowest BCUT2D eigenvalue weighted by Crippen LogP contribution is -2.46. The Kier molecular flexibility index (Phi) is 4.50. The maximum atomic E-state index is 5.83. The van der Waals surface area contributed by atoms with Crippen molar-refractivity contribution in [2.45, 2.75) is 32.9 Å². The van der Waals surface area contributed by atoms with Crippen molar-refractivity contribution in [3.05, 3.63) is 41.9 Å². The van der Waals surface area contributed by atoms with Crippen molar-refractivity contribution in [3.8, 4) is 0 Å². The van der Waals surface area contributed by atoms with Gasteiger partial charge in [0, 0.05) is 32.6 Å². The van der Waals surface area contributed by atoms with E-state index in [-0.39, 0.29) is 6.04 Å². The van der Waals surface area contributed by atoms with E-state index < -0.39 is 0 Å². The fourth-order valence-electron chi connectivity index (χ4n) is 3.22. The van der Waals surface area contributed by atoms with Crippen LogP contribution in [0.25, 0.3) is 11.1 Å². The van der Waals surface area contributed by atoms with Crippen LogP contribution in [0.4, 0.5) is 0 Å². The number of benzene rings is 1. The van der Waals surface area contributed by atoms with Gasteiger partial charge in [0.25, 0.3) is 0 Å². The molecule has 0 spiro atoms. The van der Waals surface area contributed by atoms with Crippen LogP contribution in [0.3, 0.4) is 0 Å². The molecule has 25 heavy (non-hydrogen) atoms. The first-order valence-electron chi connectivity index (χ1n) is 8.86. The predicted molar refractivity (Wildman–Crippen MR) is 93.0 cm³/mol. The second-order valence-electron chi connectivity index (χ2n) is 6.47. The molecule has 132 valence electrons. The lowest BCUT2D eigenvalue weighted by Gasteiger charge is -2.36. The number of aromatic nitrogens is 3. The van der Waals surface area contributed by atoms with Gasteiger partial charge in [0.2, 0.25) is 11.8 Å². The van der Waals surface area contributed by atoms with E-state index in [0.29, 0.717) is 5.89 Å². The van der Waals surface area contributed by atoms with Crippen LogP contribution in [0.5, 0.6) is 0 Å². The Balaban J connectivity index is 1.34. The maximum Gasteiger partial charge on any atom is 0.243 e. The summed E-state index contributed by atoms with van der Waals surface area (Å²) in [5.74, 6) is 2.27. The first-order chi connectivity index (χ1) is 12.2. The van der Waals surface area contributed by atoms with E-state index in [9.17, 15) is 0 Å². The summed E-state index contributed by atoms with van der Waals surface area (Å²) in [5, 5.41) is 4.00. The molecule has 4 rings (SSSR count). The molecule has 0 radical (unpaired) electrons. The smallest absolute Gasteiger partial charge is 0.243 e. The number of oxazole rings is 1. The quantitative estimate of drug-likeness (QED) is 0.706. The minimum absolute atomic E-state index is 0.152. The topological polar surface area (TPSA) is 71.4 Å². The van der Waals surface area contributed by atoms with Gasteiger partial charge in [-0.15, -0.1) is 0 Å². The molecule has 0 saturated carbocycles. The van der Waals surface area contributed by atoms with Crippen molar-refractivity contribution >= 4 is 11.1 Å². The van der Waals surface area contributed by atoms with E-state index >= 15 is 0 Å². The average molecular weight is 341 g/mol. The molecule has 1 saturated heterocycles. The molecule has 0 aliphatic carbocycles. The van der Waals surface area contributed by atoms with Gasteiger partial charge in [0.05, 0.1) is 12.6 Å². The molecule has 3 aromatic rings. The molecule has 1 aromatic carbocycles. The first-order valence-corrected chi connectivity index (χ1v) is 8.86. The number of aryl methyl sites for hydroxylation is 1.